The number of piperidine rings is 1. The van der Waals surface area contributed by atoms with Crippen LogP contribution in [0, 0.1) is 5.41 Å². The van der Waals surface area contributed by atoms with E-state index in [0.29, 0.717) is 5.41 Å². The summed E-state index contributed by atoms with van der Waals surface area (Å²) in [6.07, 6.45) is 5.87. The summed E-state index contributed by atoms with van der Waals surface area (Å²) in [5.41, 5.74) is 1.72. The van der Waals surface area contributed by atoms with E-state index < -0.39 is 0 Å². The van der Waals surface area contributed by atoms with Crippen LogP contribution in [0.3, 0.4) is 0 Å². The lowest BCUT2D eigenvalue weighted by atomic mass is 9.78. The Kier molecular flexibility index (Phi) is 5.34. The Morgan fingerprint density at radius 1 is 1.32 bits per heavy atom. The van der Waals surface area contributed by atoms with Gasteiger partial charge in [-0.1, -0.05) is 26.3 Å². The lowest BCUT2D eigenvalue weighted by Gasteiger charge is -2.38. The molecular formula is C16H27N3. The Bertz CT molecular complexity index is 356. The van der Waals surface area contributed by atoms with Crippen LogP contribution in [0.15, 0.2) is 24.4 Å². The maximum atomic E-state index is 4.32. The summed E-state index contributed by atoms with van der Waals surface area (Å²) in [4.78, 5) is 6.90. The van der Waals surface area contributed by atoms with Gasteiger partial charge in [0.15, 0.2) is 0 Å². The van der Waals surface area contributed by atoms with Gasteiger partial charge in [-0.05, 0) is 43.5 Å². The van der Waals surface area contributed by atoms with Crippen molar-refractivity contribution in [2.24, 2.45) is 5.41 Å². The van der Waals surface area contributed by atoms with Gasteiger partial charge in [0.1, 0.15) is 0 Å². The van der Waals surface area contributed by atoms with Gasteiger partial charge in [0, 0.05) is 25.8 Å². The zero-order valence-electron chi connectivity index (χ0n) is 12.4. The molecule has 0 bridgehead atoms. The minimum absolute atomic E-state index is 0.595. The van der Waals surface area contributed by atoms with E-state index in [0.717, 1.165) is 25.3 Å². The third kappa shape index (κ3) is 4.59. The molecule has 3 heteroatoms. The van der Waals surface area contributed by atoms with E-state index in [1.165, 1.54) is 32.4 Å². The van der Waals surface area contributed by atoms with Gasteiger partial charge in [0.05, 0.1) is 5.69 Å². The second-order valence-electron chi connectivity index (χ2n) is 6.00. The molecule has 2 heterocycles. The molecular weight excluding hydrogens is 234 g/mol. The molecule has 1 aromatic heterocycles. The molecule has 0 spiro atoms. The van der Waals surface area contributed by atoms with Gasteiger partial charge >= 0.3 is 0 Å². The Morgan fingerprint density at radius 2 is 2.11 bits per heavy atom. The Labute approximate surface area is 117 Å². The number of likely N-dealkylation sites (tertiary alicyclic amines) is 1. The van der Waals surface area contributed by atoms with Gasteiger partial charge in [-0.2, -0.15) is 0 Å². The van der Waals surface area contributed by atoms with Crippen molar-refractivity contribution in [3.05, 3.63) is 30.1 Å². The van der Waals surface area contributed by atoms with Crippen LogP contribution in [0.4, 0.5) is 0 Å². The number of nitrogens with one attached hydrogen (secondary N) is 1. The van der Waals surface area contributed by atoms with E-state index >= 15 is 0 Å². The van der Waals surface area contributed by atoms with Crippen LogP contribution in [0.25, 0.3) is 0 Å². The summed E-state index contributed by atoms with van der Waals surface area (Å²) < 4.78 is 0. The van der Waals surface area contributed by atoms with E-state index in [1.807, 2.05) is 18.3 Å². The maximum absolute atomic E-state index is 4.32. The molecule has 1 aliphatic rings. The minimum Gasteiger partial charge on any atom is -0.310 e. The van der Waals surface area contributed by atoms with E-state index in [4.69, 9.17) is 0 Å². The average Bonchev–Trinajstić information content (AvgIpc) is 2.47. The number of rotatable bonds is 6. The molecule has 1 fully saturated rings. The summed E-state index contributed by atoms with van der Waals surface area (Å²) in [7, 11) is 0. The molecule has 0 saturated carbocycles. The smallest absolute Gasteiger partial charge is 0.0541 e. The fraction of sp³-hybridized carbons (Fsp3) is 0.688. The van der Waals surface area contributed by atoms with Crippen LogP contribution in [0.5, 0.6) is 0 Å². The molecule has 1 aromatic rings. The van der Waals surface area contributed by atoms with Gasteiger partial charge in [-0.15, -0.1) is 0 Å². The van der Waals surface area contributed by atoms with Crippen molar-refractivity contribution >= 4 is 0 Å². The molecule has 0 amide bonds. The van der Waals surface area contributed by atoms with E-state index in [9.17, 15) is 0 Å². The third-order valence-electron chi connectivity index (χ3n) is 4.55. The normalized spacial score (nSPS) is 19.5. The highest BCUT2D eigenvalue weighted by Crippen LogP contribution is 2.33. The minimum atomic E-state index is 0.595. The van der Waals surface area contributed by atoms with Crippen molar-refractivity contribution in [2.75, 3.05) is 26.2 Å². The number of nitrogens with zero attached hydrogens (tertiary/aromatic N) is 2. The zero-order chi connectivity index (χ0) is 13.6. The van der Waals surface area contributed by atoms with Gasteiger partial charge in [0.25, 0.3) is 0 Å². The summed E-state index contributed by atoms with van der Waals surface area (Å²) >= 11 is 0. The quantitative estimate of drug-likeness (QED) is 0.798. The molecule has 0 radical (unpaired) electrons. The van der Waals surface area contributed by atoms with Gasteiger partial charge in [0.2, 0.25) is 0 Å². The largest absolute Gasteiger partial charge is 0.310 e. The highest BCUT2D eigenvalue weighted by molar-refractivity contribution is 5.02. The van der Waals surface area contributed by atoms with Crippen LogP contribution < -0.4 is 5.32 Å². The predicted octanol–water partition coefficient (Wildman–Crippen LogP) is 2.68. The molecule has 0 atom stereocenters. The summed E-state index contributed by atoms with van der Waals surface area (Å²) in [6.45, 7) is 10.4. The average molecular weight is 261 g/mol. The van der Waals surface area contributed by atoms with Crippen molar-refractivity contribution in [2.45, 2.75) is 39.7 Å². The first-order valence-corrected chi connectivity index (χ1v) is 7.55. The monoisotopic (exact) mass is 261 g/mol. The Hall–Kier alpha value is -0.930. The van der Waals surface area contributed by atoms with Crippen LogP contribution in [0.1, 0.15) is 38.8 Å². The van der Waals surface area contributed by atoms with Crippen molar-refractivity contribution < 1.29 is 0 Å². The molecule has 0 unspecified atom stereocenters. The van der Waals surface area contributed by atoms with Crippen molar-refractivity contribution in [1.82, 2.24) is 15.2 Å². The SMILES string of the molecule is CCC1(C)CCN(CCNCc2ccccn2)CC1. The predicted molar refractivity (Wildman–Crippen MR) is 80.0 cm³/mol. The molecule has 106 valence electrons. The molecule has 3 nitrogen and oxygen atoms in total. The second kappa shape index (κ2) is 7.01. The maximum Gasteiger partial charge on any atom is 0.0541 e. The second-order valence-corrected chi connectivity index (χ2v) is 6.00. The highest BCUT2D eigenvalue weighted by Gasteiger charge is 2.27. The van der Waals surface area contributed by atoms with E-state index in [2.05, 4.69) is 35.1 Å². The van der Waals surface area contributed by atoms with Crippen molar-refractivity contribution in [3.63, 3.8) is 0 Å². The number of hydrogen-bond acceptors (Lipinski definition) is 3. The summed E-state index contributed by atoms with van der Waals surface area (Å²) in [6, 6.07) is 6.07. The van der Waals surface area contributed by atoms with Gasteiger partial charge in [-0.3, -0.25) is 4.98 Å². The molecule has 0 aliphatic carbocycles. The first kappa shape index (κ1) is 14.5. The fourth-order valence-electron chi connectivity index (χ4n) is 2.63. The number of hydrogen-bond donors (Lipinski definition) is 1. The summed E-state index contributed by atoms with van der Waals surface area (Å²) in [5, 5.41) is 3.48. The van der Waals surface area contributed by atoms with Crippen LogP contribution in [0.2, 0.25) is 0 Å². The third-order valence-corrected chi connectivity index (χ3v) is 4.55. The first-order valence-electron chi connectivity index (χ1n) is 7.55. The lowest BCUT2D eigenvalue weighted by molar-refractivity contribution is 0.115. The van der Waals surface area contributed by atoms with Crippen LogP contribution in [-0.2, 0) is 6.54 Å². The molecule has 19 heavy (non-hydrogen) atoms. The van der Waals surface area contributed by atoms with Crippen LogP contribution in [-0.4, -0.2) is 36.1 Å². The van der Waals surface area contributed by atoms with E-state index in [1.54, 1.807) is 0 Å². The molecule has 1 saturated heterocycles. The number of aromatic nitrogens is 1. The summed E-state index contributed by atoms with van der Waals surface area (Å²) in [5.74, 6) is 0. The molecule has 0 aromatic carbocycles. The molecule has 1 N–H and O–H groups in total. The zero-order valence-corrected chi connectivity index (χ0v) is 12.4. The number of pyridine rings is 1. The van der Waals surface area contributed by atoms with Crippen LogP contribution >= 0.6 is 0 Å². The lowest BCUT2D eigenvalue weighted by Crippen LogP contribution is -2.41. The highest BCUT2D eigenvalue weighted by atomic mass is 15.1. The van der Waals surface area contributed by atoms with Crippen molar-refractivity contribution in [3.8, 4) is 0 Å². The fourth-order valence-corrected chi connectivity index (χ4v) is 2.63. The Morgan fingerprint density at radius 3 is 2.74 bits per heavy atom. The van der Waals surface area contributed by atoms with Gasteiger partial charge in [-0.25, -0.2) is 0 Å². The Balaban J connectivity index is 1.60. The first-order chi connectivity index (χ1) is 9.22. The van der Waals surface area contributed by atoms with Gasteiger partial charge < -0.3 is 10.2 Å². The van der Waals surface area contributed by atoms with E-state index in [-0.39, 0.29) is 0 Å². The molecule has 2 rings (SSSR count). The van der Waals surface area contributed by atoms with Crippen molar-refractivity contribution in [1.29, 1.82) is 0 Å². The standard InChI is InChI=1S/C16H27N3/c1-3-16(2)7-11-19(12-8-16)13-10-17-14-15-6-4-5-9-18-15/h4-6,9,17H,3,7-8,10-14H2,1-2H3. The molecule has 1 aliphatic heterocycles. The topological polar surface area (TPSA) is 28.2 Å².